The molecule has 0 spiro atoms. The minimum atomic E-state index is 0.143. The number of hydrogen-bond donors (Lipinski definition) is 0. The molecule has 0 fully saturated rings. The Balaban J connectivity index is 1.72. The molecule has 0 aliphatic carbocycles. The first-order valence-corrected chi connectivity index (χ1v) is 8.02. The van der Waals surface area contributed by atoms with Crippen LogP contribution >= 0.6 is 23.5 Å². The van der Waals surface area contributed by atoms with Crippen molar-refractivity contribution in [1.82, 2.24) is 14.9 Å². The lowest BCUT2D eigenvalue weighted by atomic mass is 10.2. The summed E-state index contributed by atoms with van der Waals surface area (Å²) in [6.07, 6.45) is 1.74. The molecule has 1 atom stereocenters. The molecule has 2 aliphatic heterocycles. The summed E-state index contributed by atoms with van der Waals surface area (Å²) in [6.45, 7) is 0. The Kier molecular flexibility index (Phi) is 3.00. The standard InChI is InChI=1S/C13H12N4O2S2/c1-18-9-4-3-8(5-10(9)19-2)12-17-11(6-20-12)21-13-15-14-7-16(13)17/h3-7,12H,1-2H3/t12-/m1/s1. The second-order valence-corrected chi connectivity index (χ2v) is 6.41. The molecule has 0 unspecified atom stereocenters. The minimum absolute atomic E-state index is 0.143. The van der Waals surface area contributed by atoms with Gasteiger partial charge < -0.3 is 9.47 Å². The molecule has 0 radical (unpaired) electrons. The van der Waals surface area contributed by atoms with Crippen LogP contribution in [0.4, 0.5) is 0 Å². The Morgan fingerprint density at radius 3 is 2.86 bits per heavy atom. The highest BCUT2D eigenvalue weighted by Gasteiger charge is 2.37. The molecule has 6 nitrogen and oxygen atoms in total. The molecule has 4 rings (SSSR count). The van der Waals surface area contributed by atoms with Crippen molar-refractivity contribution in [3.63, 3.8) is 0 Å². The van der Waals surface area contributed by atoms with Crippen molar-refractivity contribution >= 4 is 23.5 Å². The lowest BCUT2D eigenvalue weighted by Crippen LogP contribution is -2.28. The van der Waals surface area contributed by atoms with E-state index in [1.807, 2.05) is 16.8 Å². The van der Waals surface area contributed by atoms with Gasteiger partial charge in [0.2, 0.25) is 5.16 Å². The van der Waals surface area contributed by atoms with Crippen molar-refractivity contribution in [3.8, 4) is 11.5 Å². The summed E-state index contributed by atoms with van der Waals surface area (Å²) in [6, 6.07) is 6.01. The van der Waals surface area contributed by atoms with Crippen LogP contribution < -0.4 is 14.5 Å². The second kappa shape index (κ2) is 4.88. The van der Waals surface area contributed by atoms with Crippen LogP contribution in [0.3, 0.4) is 0 Å². The molecule has 2 aromatic rings. The van der Waals surface area contributed by atoms with Crippen LogP contribution in [-0.4, -0.2) is 29.1 Å². The maximum absolute atomic E-state index is 5.40. The number of ether oxygens (including phenoxy) is 2. The van der Waals surface area contributed by atoms with Crippen LogP contribution in [0.15, 0.2) is 40.1 Å². The number of rotatable bonds is 3. The maximum atomic E-state index is 5.40. The van der Waals surface area contributed by atoms with Crippen molar-refractivity contribution < 1.29 is 9.47 Å². The monoisotopic (exact) mass is 320 g/mol. The van der Waals surface area contributed by atoms with E-state index in [9.17, 15) is 0 Å². The van der Waals surface area contributed by atoms with Gasteiger partial charge >= 0.3 is 0 Å². The molecule has 21 heavy (non-hydrogen) atoms. The fourth-order valence-corrected chi connectivity index (χ4v) is 4.60. The van der Waals surface area contributed by atoms with Crippen LogP contribution in [0.5, 0.6) is 11.5 Å². The zero-order valence-electron chi connectivity index (χ0n) is 11.4. The molecule has 0 N–H and O–H groups in total. The predicted octanol–water partition coefficient (Wildman–Crippen LogP) is 2.58. The molecule has 0 saturated carbocycles. The lowest BCUT2D eigenvalue weighted by Gasteiger charge is -2.24. The first-order chi connectivity index (χ1) is 10.3. The van der Waals surface area contributed by atoms with Gasteiger partial charge in [0, 0.05) is 5.41 Å². The van der Waals surface area contributed by atoms with E-state index >= 15 is 0 Å². The van der Waals surface area contributed by atoms with E-state index in [0.717, 1.165) is 22.2 Å². The van der Waals surface area contributed by atoms with Crippen molar-refractivity contribution in [3.05, 3.63) is 40.5 Å². The minimum Gasteiger partial charge on any atom is -0.493 e. The summed E-state index contributed by atoms with van der Waals surface area (Å²) >= 11 is 3.39. The molecule has 0 amide bonds. The number of fused-ring (bicyclic) bond motifs is 3. The topological polar surface area (TPSA) is 52.4 Å². The van der Waals surface area contributed by atoms with E-state index in [1.165, 1.54) is 5.03 Å². The molecular formula is C13H12N4O2S2. The van der Waals surface area contributed by atoms with E-state index in [4.69, 9.17) is 9.47 Å². The third kappa shape index (κ3) is 1.90. The van der Waals surface area contributed by atoms with Gasteiger partial charge in [0.15, 0.2) is 11.5 Å². The van der Waals surface area contributed by atoms with Gasteiger partial charge in [0.25, 0.3) is 0 Å². The predicted molar refractivity (Wildman–Crippen MR) is 82.1 cm³/mol. The number of nitrogens with zero attached hydrogens (tertiary/aromatic N) is 4. The summed E-state index contributed by atoms with van der Waals surface area (Å²) in [4.78, 5) is 0. The number of thioether (sulfide) groups is 2. The van der Waals surface area contributed by atoms with Crippen LogP contribution in [-0.2, 0) is 0 Å². The van der Waals surface area contributed by atoms with Crippen molar-refractivity contribution in [2.24, 2.45) is 0 Å². The molecular weight excluding hydrogens is 308 g/mol. The Labute approximate surface area is 130 Å². The van der Waals surface area contributed by atoms with E-state index < -0.39 is 0 Å². The fraction of sp³-hybridized carbons (Fsp3) is 0.231. The van der Waals surface area contributed by atoms with Gasteiger partial charge in [-0.15, -0.1) is 10.2 Å². The van der Waals surface area contributed by atoms with E-state index in [-0.39, 0.29) is 5.37 Å². The molecule has 2 aliphatic rings. The molecule has 1 aromatic heterocycles. The normalized spacial score (nSPS) is 19.2. The first kappa shape index (κ1) is 12.9. The van der Waals surface area contributed by atoms with Gasteiger partial charge in [-0.05, 0) is 29.5 Å². The molecule has 8 heteroatoms. The number of hydrogen-bond acceptors (Lipinski definition) is 7. The van der Waals surface area contributed by atoms with Gasteiger partial charge in [0.05, 0.1) is 14.2 Å². The van der Waals surface area contributed by atoms with Crippen molar-refractivity contribution in [2.45, 2.75) is 10.5 Å². The third-order valence-electron chi connectivity index (χ3n) is 3.37. The Morgan fingerprint density at radius 2 is 2.05 bits per heavy atom. The van der Waals surface area contributed by atoms with Crippen LogP contribution in [0, 0.1) is 0 Å². The quantitative estimate of drug-likeness (QED) is 0.861. The Hall–Kier alpha value is -1.80. The van der Waals surface area contributed by atoms with Gasteiger partial charge in [-0.25, -0.2) is 4.68 Å². The van der Waals surface area contributed by atoms with E-state index in [1.54, 1.807) is 44.1 Å². The fourth-order valence-electron chi connectivity index (χ4n) is 2.39. The summed E-state index contributed by atoms with van der Waals surface area (Å²) in [5, 5.41) is 14.6. The number of methoxy groups -OCH3 is 2. The van der Waals surface area contributed by atoms with Crippen LogP contribution in [0.25, 0.3) is 0 Å². The zero-order valence-corrected chi connectivity index (χ0v) is 13.0. The van der Waals surface area contributed by atoms with E-state index in [0.29, 0.717) is 0 Å². The van der Waals surface area contributed by atoms with Gasteiger partial charge in [-0.2, -0.15) is 0 Å². The second-order valence-electron chi connectivity index (χ2n) is 4.46. The highest BCUT2D eigenvalue weighted by molar-refractivity contribution is 8.07. The summed E-state index contributed by atoms with van der Waals surface area (Å²) in [5.41, 5.74) is 1.14. The Morgan fingerprint density at radius 1 is 1.19 bits per heavy atom. The zero-order chi connectivity index (χ0) is 14.4. The third-order valence-corrected chi connectivity index (χ3v) is 5.57. The molecule has 0 bridgehead atoms. The average molecular weight is 320 g/mol. The smallest absolute Gasteiger partial charge is 0.216 e. The average Bonchev–Trinajstić information content (AvgIpc) is 3.18. The SMILES string of the molecule is COc1ccc([C@H]2SC=C3Sc4nncn4N32)cc1OC. The van der Waals surface area contributed by atoms with Crippen molar-refractivity contribution in [1.29, 1.82) is 0 Å². The Bertz CT molecular complexity index is 731. The molecule has 0 saturated heterocycles. The largest absolute Gasteiger partial charge is 0.493 e. The molecule has 108 valence electrons. The van der Waals surface area contributed by atoms with Gasteiger partial charge in [0.1, 0.15) is 16.7 Å². The highest BCUT2D eigenvalue weighted by Crippen LogP contribution is 2.51. The molecule has 1 aromatic carbocycles. The van der Waals surface area contributed by atoms with Gasteiger partial charge in [-0.1, -0.05) is 17.8 Å². The summed E-state index contributed by atoms with van der Waals surface area (Å²) in [5.74, 6) is 1.47. The lowest BCUT2D eigenvalue weighted by molar-refractivity contribution is 0.354. The van der Waals surface area contributed by atoms with Crippen molar-refractivity contribution in [2.75, 3.05) is 19.2 Å². The van der Waals surface area contributed by atoms with Gasteiger partial charge in [-0.3, -0.25) is 5.01 Å². The maximum Gasteiger partial charge on any atom is 0.216 e. The van der Waals surface area contributed by atoms with E-state index in [2.05, 4.69) is 26.7 Å². The molecule has 3 heterocycles. The first-order valence-electron chi connectivity index (χ1n) is 6.27. The summed E-state index contributed by atoms with van der Waals surface area (Å²) < 4.78 is 12.7. The number of benzene rings is 1. The summed E-state index contributed by atoms with van der Waals surface area (Å²) in [7, 11) is 3.29. The number of aromatic nitrogens is 3. The van der Waals surface area contributed by atoms with Crippen LogP contribution in [0.2, 0.25) is 0 Å². The van der Waals surface area contributed by atoms with Crippen LogP contribution in [0.1, 0.15) is 10.9 Å². The highest BCUT2D eigenvalue weighted by atomic mass is 32.2.